The van der Waals surface area contributed by atoms with E-state index in [-0.39, 0.29) is 25.1 Å². The molecule has 0 unspecified atom stereocenters. The largest absolute Gasteiger partial charge is 0.489 e. The van der Waals surface area contributed by atoms with Crippen molar-refractivity contribution in [3.8, 4) is 5.75 Å². The zero-order valence-corrected chi connectivity index (χ0v) is 15.5. The van der Waals surface area contributed by atoms with Crippen LogP contribution in [0, 0.1) is 0 Å². The normalized spacial score (nSPS) is 11.1. The minimum Gasteiger partial charge on any atom is -0.489 e. The highest BCUT2D eigenvalue weighted by Crippen LogP contribution is 2.19. The van der Waals surface area contributed by atoms with Crippen LogP contribution in [0.5, 0.6) is 5.75 Å². The van der Waals surface area contributed by atoms with Gasteiger partial charge in [-0.1, -0.05) is 48.5 Å². The molecular formula is C19H23NO5S. The number of sulfonamides is 1. The molecule has 6 nitrogen and oxygen atoms in total. The summed E-state index contributed by atoms with van der Waals surface area (Å²) >= 11 is 0. The third kappa shape index (κ3) is 6.85. The van der Waals surface area contributed by atoms with Gasteiger partial charge in [-0.05, 0) is 18.1 Å². The molecule has 0 atom stereocenters. The topological polar surface area (TPSA) is 81.7 Å². The summed E-state index contributed by atoms with van der Waals surface area (Å²) in [6.07, 6.45) is 0.294. The lowest BCUT2D eigenvalue weighted by molar-refractivity contribution is -0.140. The number of benzene rings is 2. The summed E-state index contributed by atoms with van der Waals surface area (Å²) in [4.78, 5) is 11.1. The minimum absolute atomic E-state index is 0.0776. The van der Waals surface area contributed by atoms with E-state index in [2.05, 4.69) is 9.46 Å². The predicted molar refractivity (Wildman–Crippen MR) is 99.1 cm³/mol. The van der Waals surface area contributed by atoms with Gasteiger partial charge >= 0.3 is 5.97 Å². The lowest BCUT2D eigenvalue weighted by Crippen LogP contribution is -2.26. The first-order valence-corrected chi connectivity index (χ1v) is 9.94. The van der Waals surface area contributed by atoms with E-state index in [1.165, 1.54) is 7.11 Å². The number of esters is 1. The van der Waals surface area contributed by atoms with E-state index < -0.39 is 16.0 Å². The van der Waals surface area contributed by atoms with Gasteiger partial charge in [0.25, 0.3) is 0 Å². The van der Waals surface area contributed by atoms with Crippen molar-refractivity contribution >= 4 is 16.0 Å². The Balaban J connectivity index is 1.89. The molecule has 7 heteroatoms. The van der Waals surface area contributed by atoms with E-state index in [0.29, 0.717) is 12.4 Å². The summed E-state index contributed by atoms with van der Waals surface area (Å²) in [7, 11) is -2.20. The maximum atomic E-state index is 12.1. The van der Waals surface area contributed by atoms with Gasteiger partial charge in [0, 0.05) is 18.5 Å². The van der Waals surface area contributed by atoms with Gasteiger partial charge in [-0.3, -0.25) is 4.79 Å². The summed E-state index contributed by atoms with van der Waals surface area (Å²) in [6.45, 7) is 0.537. The molecule has 0 fully saturated rings. The van der Waals surface area contributed by atoms with Crippen LogP contribution in [0.15, 0.2) is 54.6 Å². The first-order chi connectivity index (χ1) is 12.5. The van der Waals surface area contributed by atoms with Crippen LogP contribution < -0.4 is 9.46 Å². The molecule has 0 radical (unpaired) electrons. The Morgan fingerprint density at radius 2 is 1.73 bits per heavy atom. The first kappa shape index (κ1) is 19.9. The lowest BCUT2D eigenvalue weighted by atomic mass is 10.2. The molecule has 0 heterocycles. The van der Waals surface area contributed by atoms with Gasteiger partial charge in [0.1, 0.15) is 12.4 Å². The van der Waals surface area contributed by atoms with Gasteiger partial charge in [-0.15, -0.1) is 0 Å². The number of hydrogen-bond donors (Lipinski definition) is 1. The summed E-state index contributed by atoms with van der Waals surface area (Å²) in [6, 6.07) is 17.0. The van der Waals surface area contributed by atoms with Crippen LogP contribution >= 0.6 is 0 Å². The maximum Gasteiger partial charge on any atom is 0.305 e. The van der Waals surface area contributed by atoms with E-state index in [4.69, 9.17) is 4.74 Å². The van der Waals surface area contributed by atoms with Gasteiger partial charge in [-0.25, -0.2) is 13.1 Å². The van der Waals surface area contributed by atoms with Crippen LogP contribution in [0.3, 0.4) is 0 Å². The number of methoxy groups -OCH3 is 1. The zero-order chi connectivity index (χ0) is 18.8. The summed E-state index contributed by atoms with van der Waals surface area (Å²) < 4.78 is 37.0. The fourth-order valence-corrected chi connectivity index (χ4v) is 3.34. The van der Waals surface area contributed by atoms with Crippen molar-refractivity contribution < 1.29 is 22.7 Å². The Kier molecular flexibility index (Phi) is 7.62. The van der Waals surface area contributed by atoms with Gasteiger partial charge < -0.3 is 9.47 Å². The Hall–Kier alpha value is -2.38. The number of nitrogens with one attached hydrogen (secondary N) is 1. The first-order valence-electron chi connectivity index (χ1n) is 8.29. The smallest absolute Gasteiger partial charge is 0.305 e. The molecule has 140 valence electrons. The van der Waals surface area contributed by atoms with Gasteiger partial charge in [0.2, 0.25) is 10.0 Å². The van der Waals surface area contributed by atoms with E-state index >= 15 is 0 Å². The van der Waals surface area contributed by atoms with Crippen molar-refractivity contribution in [2.24, 2.45) is 0 Å². The maximum absolute atomic E-state index is 12.1. The van der Waals surface area contributed by atoms with E-state index in [1.54, 1.807) is 0 Å². The molecule has 2 aromatic rings. The average Bonchev–Trinajstić information content (AvgIpc) is 2.66. The third-order valence-electron chi connectivity index (χ3n) is 3.71. The van der Waals surface area contributed by atoms with Crippen molar-refractivity contribution in [2.45, 2.75) is 26.0 Å². The molecule has 0 saturated carbocycles. The highest BCUT2D eigenvalue weighted by atomic mass is 32.2. The van der Waals surface area contributed by atoms with Crippen molar-refractivity contribution in [2.75, 3.05) is 12.9 Å². The Labute approximate surface area is 154 Å². The van der Waals surface area contributed by atoms with Crippen LogP contribution in [0.2, 0.25) is 0 Å². The lowest BCUT2D eigenvalue weighted by Gasteiger charge is -2.12. The Morgan fingerprint density at radius 1 is 1.04 bits per heavy atom. The standard InChI is InChI=1S/C19H23NO5S/c1-24-19(21)12-7-13-26(22,23)20-14-17-10-5-6-11-18(17)25-15-16-8-3-2-4-9-16/h2-6,8-11,20H,7,12-15H2,1H3. The van der Waals surface area contributed by atoms with Crippen LogP contribution in [0.25, 0.3) is 0 Å². The van der Waals surface area contributed by atoms with E-state index in [1.807, 2.05) is 54.6 Å². The summed E-state index contributed by atoms with van der Waals surface area (Å²) in [5.74, 6) is 0.0864. The quantitative estimate of drug-likeness (QED) is 0.644. The van der Waals surface area contributed by atoms with Gasteiger partial charge in [-0.2, -0.15) is 0 Å². The third-order valence-corrected chi connectivity index (χ3v) is 5.12. The second-order valence-corrected chi connectivity index (χ2v) is 7.63. The molecule has 0 aliphatic rings. The van der Waals surface area contributed by atoms with Crippen molar-refractivity contribution in [1.82, 2.24) is 4.72 Å². The number of hydrogen-bond acceptors (Lipinski definition) is 5. The highest BCUT2D eigenvalue weighted by molar-refractivity contribution is 7.89. The van der Waals surface area contributed by atoms with Crippen LogP contribution in [-0.2, 0) is 32.7 Å². The Bertz CT molecular complexity index is 806. The SMILES string of the molecule is COC(=O)CCCS(=O)(=O)NCc1ccccc1OCc1ccccc1. The molecule has 0 bridgehead atoms. The molecule has 2 rings (SSSR count). The number of carbonyl (C=O) groups excluding carboxylic acids is 1. The molecule has 0 aliphatic carbocycles. The zero-order valence-electron chi connectivity index (χ0n) is 14.7. The highest BCUT2D eigenvalue weighted by Gasteiger charge is 2.13. The van der Waals surface area contributed by atoms with E-state index in [0.717, 1.165) is 11.1 Å². The fraction of sp³-hybridized carbons (Fsp3) is 0.316. The number of para-hydroxylation sites is 1. The summed E-state index contributed by atoms with van der Waals surface area (Å²) in [5.41, 5.74) is 1.78. The molecule has 0 aliphatic heterocycles. The van der Waals surface area contributed by atoms with Crippen molar-refractivity contribution in [1.29, 1.82) is 0 Å². The number of rotatable bonds is 10. The molecule has 0 spiro atoms. The van der Waals surface area contributed by atoms with Crippen LogP contribution in [0.4, 0.5) is 0 Å². The molecular weight excluding hydrogens is 354 g/mol. The van der Waals surface area contributed by atoms with Gasteiger partial charge in [0.15, 0.2) is 0 Å². The average molecular weight is 377 g/mol. The molecule has 0 amide bonds. The second-order valence-electron chi connectivity index (χ2n) is 5.70. The molecule has 0 aromatic heterocycles. The molecule has 0 saturated heterocycles. The monoisotopic (exact) mass is 377 g/mol. The van der Waals surface area contributed by atoms with Crippen molar-refractivity contribution in [3.05, 3.63) is 65.7 Å². The number of ether oxygens (including phenoxy) is 2. The van der Waals surface area contributed by atoms with Crippen molar-refractivity contribution in [3.63, 3.8) is 0 Å². The Morgan fingerprint density at radius 3 is 2.46 bits per heavy atom. The van der Waals surface area contributed by atoms with E-state index in [9.17, 15) is 13.2 Å². The van der Waals surface area contributed by atoms with Crippen LogP contribution in [-0.4, -0.2) is 27.2 Å². The molecule has 26 heavy (non-hydrogen) atoms. The van der Waals surface area contributed by atoms with Gasteiger partial charge in [0.05, 0.1) is 12.9 Å². The fourth-order valence-electron chi connectivity index (χ4n) is 2.29. The predicted octanol–water partition coefficient (Wildman–Crippen LogP) is 2.64. The molecule has 1 N–H and O–H groups in total. The second kappa shape index (κ2) is 9.94. The minimum atomic E-state index is -3.48. The van der Waals surface area contributed by atoms with Crippen LogP contribution in [0.1, 0.15) is 24.0 Å². The number of carbonyl (C=O) groups is 1. The summed E-state index contributed by atoms with van der Waals surface area (Å²) in [5, 5.41) is 0. The molecule has 2 aromatic carbocycles.